The molecule has 1 aromatic heterocycles. The lowest BCUT2D eigenvalue weighted by atomic mass is 10.1. The van der Waals surface area contributed by atoms with Gasteiger partial charge in [-0.15, -0.1) is 10.2 Å². The average molecular weight is 415 g/mol. The Kier molecular flexibility index (Phi) is 6.84. The predicted molar refractivity (Wildman–Crippen MR) is 110 cm³/mol. The summed E-state index contributed by atoms with van der Waals surface area (Å²) in [5, 5.41) is 12.0. The van der Waals surface area contributed by atoms with E-state index in [4.69, 9.17) is 11.6 Å². The fraction of sp³-hybridized carbons (Fsp3) is 0.200. The van der Waals surface area contributed by atoms with Gasteiger partial charge in [0.05, 0.1) is 11.4 Å². The number of aromatic nitrogens is 3. The molecule has 0 saturated heterocycles. The number of hydrogen-bond acceptors (Lipinski definition) is 5. The zero-order valence-corrected chi connectivity index (χ0v) is 16.8. The second-order valence-electron chi connectivity index (χ2n) is 6.11. The van der Waals surface area contributed by atoms with Gasteiger partial charge in [0, 0.05) is 24.1 Å². The van der Waals surface area contributed by atoms with E-state index in [1.807, 2.05) is 42.5 Å². The Bertz CT molecular complexity index is 972. The highest BCUT2D eigenvalue weighted by Crippen LogP contribution is 2.22. The monoisotopic (exact) mass is 414 g/mol. The number of halogens is 1. The summed E-state index contributed by atoms with van der Waals surface area (Å²) in [6, 6.07) is 14.8. The molecule has 0 aliphatic rings. The molecule has 0 bridgehead atoms. The minimum Gasteiger partial charge on any atom is -0.356 e. The summed E-state index contributed by atoms with van der Waals surface area (Å²) in [7, 11) is 0. The largest absolute Gasteiger partial charge is 0.356 e. The van der Waals surface area contributed by atoms with Crippen LogP contribution in [-0.2, 0) is 11.2 Å². The van der Waals surface area contributed by atoms with Crippen LogP contribution in [0.4, 0.5) is 0 Å². The van der Waals surface area contributed by atoms with Gasteiger partial charge in [-0.05, 0) is 30.2 Å². The van der Waals surface area contributed by atoms with E-state index in [1.54, 1.807) is 17.0 Å². The molecule has 1 heterocycles. The van der Waals surface area contributed by atoms with Crippen molar-refractivity contribution in [2.75, 3.05) is 12.3 Å². The Hall–Kier alpha value is -2.64. The molecule has 28 heavy (non-hydrogen) atoms. The van der Waals surface area contributed by atoms with Crippen LogP contribution in [0, 0.1) is 0 Å². The van der Waals surface area contributed by atoms with Gasteiger partial charge in [0.1, 0.15) is 6.33 Å². The summed E-state index contributed by atoms with van der Waals surface area (Å²) in [6.45, 7) is 2.07. The molecule has 3 rings (SSSR count). The SMILES string of the molecule is CC(=O)NCCc1ccc(C(=O)CSc2nncn2-c2cccc(Cl)c2)cc1. The van der Waals surface area contributed by atoms with Crippen molar-refractivity contribution in [2.24, 2.45) is 0 Å². The van der Waals surface area contributed by atoms with E-state index in [0.29, 0.717) is 22.3 Å². The fourth-order valence-electron chi connectivity index (χ4n) is 2.58. The predicted octanol–water partition coefficient (Wildman–Crippen LogP) is 3.57. The third kappa shape index (κ3) is 5.43. The molecule has 0 aliphatic carbocycles. The highest BCUT2D eigenvalue weighted by molar-refractivity contribution is 7.99. The number of carbonyl (C=O) groups is 2. The first-order valence-corrected chi connectivity index (χ1v) is 10.0. The molecular formula is C20H19ClN4O2S. The summed E-state index contributed by atoms with van der Waals surface area (Å²) >= 11 is 7.37. The van der Waals surface area contributed by atoms with Gasteiger partial charge >= 0.3 is 0 Å². The number of nitrogens with one attached hydrogen (secondary N) is 1. The highest BCUT2D eigenvalue weighted by Gasteiger charge is 2.12. The number of benzene rings is 2. The number of carbonyl (C=O) groups excluding carboxylic acids is 2. The zero-order chi connectivity index (χ0) is 19.9. The Balaban J connectivity index is 1.59. The molecule has 144 valence electrons. The van der Waals surface area contributed by atoms with E-state index in [0.717, 1.165) is 17.7 Å². The van der Waals surface area contributed by atoms with Crippen LogP contribution in [-0.4, -0.2) is 38.8 Å². The molecular weight excluding hydrogens is 396 g/mol. The zero-order valence-electron chi connectivity index (χ0n) is 15.3. The number of rotatable bonds is 8. The van der Waals surface area contributed by atoms with Crippen molar-refractivity contribution < 1.29 is 9.59 Å². The third-order valence-electron chi connectivity index (χ3n) is 4.00. The molecule has 8 heteroatoms. The van der Waals surface area contributed by atoms with Crippen molar-refractivity contribution in [1.82, 2.24) is 20.1 Å². The van der Waals surface area contributed by atoms with Gasteiger partial charge in [-0.25, -0.2) is 0 Å². The van der Waals surface area contributed by atoms with Crippen molar-refractivity contribution in [1.29, 1.82) is 0 Å². The molecule has 0 unspecified atom stereocenters. The lowest BCUT2D eigenvalue weighted by molar-refractivity contribution is -0.118. The molecule has 3 aromatic rings. The molecule has 0 saturated carbocycles. The van der Waals surface area contributed by atoms with Crippen molar-refractivity contribution >= 4 is 35.1 Å². The normalized spacial score (nSPS) is 10.6. The summed E-state index contributed by atoms with van der Waals surface area (Å²) < 4.78 is 1.80. The highest BCUT2D eigenvalue weighted by atomic mass is 35.5. The Morgan fingerprint density at radius 1 is 1.18 bits per heavy atom. The number of Topliss-reactive ketones (excluding diaryl/α,β-unsaturated/α-hetero) is 1. The molecule has 0 radical (unpaired) electrons. The van der Waals surface area contributed by atoms with Crippen LogP contribution >= 0.6 is 23.4 Å². The van der Waals surface area contributed by atoms with Crippen LogP contribution in [0.25, 0.3) is 5.69 Å². The Labute approximate surface area is 172 Å². The quantitative estimate of drug-likeness (QED) is 0.450. The van der Waals surface area contributed by atoms with Crippen LogP contribution in [0.2, 0.25) is 5.02 Å². The minimum absolute atomic E-state index is 0.0130. The Morgan fingerprint density at radius 2 is 1.96 bits per heavy atom. The average Bonchev–Trinajstić information content (AvgIpc) is 3.15. The van der Waals surface area contributed by atoms with Crippen molar-refractivity contribution in [3.63, 3.8) is 0 Å². The van der Waals surface area contributed by atoms with Crippen molar-refractivity contribution in [2.45, 2.75) is 18.5 Å². The van der Waals surface area contributed by atoms with Crippen LogP contribution in [0.1, 0.15) is 22.8 Å². The number of nitrogens with zero attached hydrogens (tertiary/aromatic N) is 3. The molecule has 0 spiro atoms. The second kappa shape index (κ2) is 9.52. The number of amides is 1. The summed E-state index contributed by atoms with van der Waals surface area (Å²) in [5.41, 5.74) is 2.55. The van der Waals surface area contributed by atoms with Crippen molar-refractivity contribution in [3.05, 3.63) is 71.0 Å². The van der Waals surface area contributed by atoms with Gasteiger partial charge in [0.2, 0.25) is 5.91 Å². The first-order valence-electron chi connectivity index (χ1n) is 8.68. The molecule has 1 amide bonds. The number of thioether (sulfide) groups is 1. The van der Waals surface area contributed by atoms with Gasteiger partial charge in [0.25, 0.3) is 0 Å². The standard InChI is InChI=1S/C20H19ClN4O2S/c1-14(26)22-10-9-15-5-7-16(8-6-15)19(27)12-28-20-24-23-13-25(20)18-4-2-3-17(21)11-18/h2-8,11,13H,9-10,12H2,1H3,(H,22,26). The lowest BCUT2D eigenvalue weighted by Crippen LogP contribution is -2.22. The molecule has 2 aromatic carbocycles. The van der Waals surface area contributed by atoms with E-state index in [2.05, 4.69) is 15.5 Å². The Morgan fingerprint density at radius 3 is 2.68 bits per heavy atom. The number of ketones is 1. The van der Waals surface area contributed by atoms with Crippen LogP contribution in [0.15, 0.2) is 60.0 Å². The number of hydrogen-bond donors (Lipinski definition) is 1. The first-order chi connectivity index (χ1) is 13.5. The first kappa shape index (κ1) is 20.1. The van der Waals surface area contributed by atoms with Crippen molar-refractivity contribution in [3.8, 4) is 5.69 Å². The van der Waals surface area contributed by atoms with Gasteiger partial charge in [0.15, 0.2) is 10.9 Å². The van der Waals surface area contributed by atoms with E-state index in [9.17, 15) is 9.59 Å². The fourth-order valence-corrected chi connectivity index (χ4v) is 3.59. The van der Waals surface area contributed by atoms with Gasteiger partial charge in [-0.3, -0.25) is 14.2 Å². The summed E-state index contributed by atoms with van der Waals surface area (Å²) in [6.07, 6.45) is 2.33. The maximum Gasteiger partial charge on any atom is 0.216 e. The van der Waals surface area contributed by atoms with Crippen LogP contribution < -0.4 is 5.32 Å². The molecule has 0 fully saturated rings. The maximum atomic E-state index is 12.5. The lowest BCUT2D eigenvalue weighted by Gasteiger charge is -2.07. The maximum absolute atomic E-state index is 12.5. The van der Waals surface area contributed by atoms with E-state index in [-0.39, 0.29) is 17.4 Å². The topological polar surface area (TPSA) is 76.9 Å². The van der Waals surface area contributed by atoms with E-state index in [1.165, 1.54) is 18.7 Å². The summed E-state index contributed by atoms with van der Waals surface area (Å²) in [4.78, 5) is 23.4. The van der Waals surface area contributed by atoms with Gasteiger partial charge in [-0.1, -0.05) is 53.7 Å². The summed E-state index contributed by atoms with van der Waals surface area (Å²) in [5.74, 6) is 0.221. The second-order valence-corrected chi connectivity index (χ2v) is 7.48. The van der Waals surface area contributed by atoms with Gasteiger partial charge < -0.3 is 5.32 Å². The van der Waals surface area contributed by atoms with E-state index < -0.39 is 0 Å². The van der Waals surface area contributed by atoms with Crippen LogP contribution in [0.5, 0.6) is 0 Å². The van der Waals surface area contributed by atoms with Gasteiger partial charge in [-0.2, -0.15) is 0 Å². The van der Waals surface area contributed by atoms with Crippen LogP contribution in [0.3, 0.4) is 0 Å². The molecule has 0 atom stereocenters. The molecule has 6 nitrogen and oxygen atoms in total. The van der Waals surface area contributed by atoms with E-state index >= 15 is 0 Å². The molecule has 0 aliphatic heterocycles. The smallest absolute Gasteiger partial charge is 0.216 e. The molecule has 1 N–H and O–H groups in total. The third-order valence-corrected chi connectivity index (χ3v) is 5.18. The minimum atomic E-state index is -0.0468.